The van der Waals surface area contributed by atoms with Gasteiger partial charge in [0.2, 0.25) is 0 Å². The number of aliphatic hydroxyl groups is 1. The van der Waals surface area contributed by atoms with Crippen LogP contribution in [0.1, 0.15) is 233 Å². The molecule has 1 unspecified atom stereocenters. The van der Waals surface area contributed by atoms with Crippen LogP contribution in [-0.4, -0.2) is 54.9 Å². The van der Waals surface area contributed by atoms with Crippen molar-refractivity contribution in [1.82, 2.24) is 4.90 Å². The van der Waals surface area contributed by atoms with Gasteiger partial charge < -0.3 is 19.5 Å². The first-order valence-electron chi connectivity index (χ1n) is 23.1. The van der Waals surface area contributed by atoms with Gasteiger partial charge in [0.05, 0.1) is 25.2 Å². The van der Waals surface area contributed by atoms with Crippen molar-refractivity contribution in [1.29, 1.82) is 0 Å². The number of esters is 1. The predicted molar refractivity (Wildman–Crippen MR) is 226 cm³/mol. The second-order valence-electron chi connectivity index (χ2n) is 15.9. The van der Waals surface area contributed by atoms with Gasteiger partial charge in [0.25, 0.3) is 0 Å². The maximum atomic E-state index is 13.2. The van der Waals surface area contributed by atoms with E-state index in [1.807, 2.05) is 0 Å². The van der Waals surface area contributed by atoms with Gasteiger partial charge in [0.1, 0.15) is 5.76 Å². The Labute approximate surface area is 325 Å². The lowest BCUT2D eigenvalue weighted by Crippen LogP contribution is -2.29. The second-order valence-corrected chi connectivity index (χ2v) is 15.9. The minimum absolute atomic E-state index is 0.0109. The monoisotopic (exact) mass is 734 g/mol. The molecule has 0 spiro atoms. The van der Waals surface area contributed by atoms with E-state index < -0.39 is 0 Å². The van der Waals surface area contributed by atoms with Gasteiger partial charge in [-0.25, -0.2) is 0 Å². The molecule has 0 aliphatic rings. The van der Waals surface area contributed by atoms with E-state index in [4.69, 9.17) is 9.47 Å². The summed E-state index contributed by atoms with van der Waals surface area (Å²) in [6.07, 6.45) is 39.0. The molecular formula is C47H91NO4. The largest absolute Gasteiger partial charge is 0.490 e. The van der Waals surface area contributed by atoms with Crippen LogP contribution in [0.15, 0.2) is 18.1 Å². The lowest BCUT2D eigenvalue weighted by molar-refractivity contribution is -0.154. The normalized spacial score (nSPS) is 12.1. The Kier molecular flexibility index (Phi) is 39.9. The van der Waals surface area contributed by atoms with Crippen molar-refractivity contribution in [2.45, 2.75) is 239 Å². The van der Waals surface area contributed by atoms with Crippen LogP contribution in [0, 0.1) is 5.92 Å². The number of nitrogens with zero attached hydrogens (tertiary/aromatic N) is 1. The van der Waals surface area contributed by atoms with Crippen LogP contribution in [0.5, 0.6) is 0 Å². The van der Waals surface area contributed by atoms with Gasteiger partial charge in [-0.2, -0.15) is 0 Å². The van der Waals surface area contributed by atoms with E-state index in [2.05, 4.69) is 44.9 Å². The Morgan fingerprint density at radius 1 is 0.577 bits per heavy atom. The van der Waals surface area contributed by atoms with Crippen molar-refractivity contribution in [3.63, 3.8) is 0 Å². The van der Waals surface area contributed by atoms with E-state index in [1.54, 1.807) is 0 Å². The van der Waals surface area contributed by atoms with Gasteiger partial charge in [0.15, 0.2) is 0 Å². The molecule has 0 aliphatic carbocycles. The minimum atomic E-state index is 0.0109. The fraction of sp³-hybridized carbons (Fsp3) is 0.915. The van der Waals surface area contributed by atoms with E-state index in [-0.39, 0.29) is 24.6 Å². The maximum Gasteiger partial charge on any atom is 0.309 e. The summed E-state index contributed by atoms with van der Waals surface area (Å²) in [5.74, 6) is 1.10. The third-order valence-corrected chi connectivity index (χ3v) is 10.8. The van der Waals surface area contributed by atoms with Gasteiger partial charge in [-0.15, -0.1) is 0 Å². The van der Waals surface area contributed by atoms with Crippen LogP contribution >= 0.6 is 0 Å². The highest BCUT2D eigenvalue weighted by Crippen LogP contribution is 2.22. The van der Waals surface area contributed by atoms with Crippen LogP contribution in [-0.2, 0) is 14.3 Å². The first-order chi connectivity index (χ1) is 25.5. The SMILES string of the molecule is C=C=C(CCCCCCCN(CCO)CCCCCCC(C)OC(=O)C(CCCCCCCC)CCCCCCCC)OCCCCCCCCC. The number of hydrogen-bond donors (Lipinski definition) is 1. The van der Waals surface area contributed by atoms with Crippen molar-refractivity contribution < 1.29 is 19.4 Å². The van der Waals surface area contributed by atoms with E-state index >= 15 is 0 Å². The molecule has 0 aromatic rings. The van der Waals surface area contributed by atoms with E-state index in [0.29, 0.717) is 0 Å². The number of unbranched alkanes of at least 4 members (excludes halogenated alkanes) is 23. The maximum absolute atomic E-state index is 13.2. The third-order valence-electron chi connectivity index (χ3n) is 10.8. The zero-order valence-electron chi connectivity index (χ0n) is 35.6. The topological polar surface area (TPSA) is 59.0 Å². The molecule has 0 aromatic heterocycles. The summed E-state index contributed by atoms with van der Waals surface area (Å²) in [6.45, 7) is 16.7. The van der Waals surface area contributed by atoms with Crippen LogP contribution < -0.4 is 0 Å². The molecular weight excluding hydrogens is 643 g/mol. The van der Waals surface area contributed by atoms with Crippen molar-refractivity contribution in [2.75, 3.05) is 32.8 Å². The molecule has 0 radical (unpaired) electrons. The summed E-state index contributed by atoms with van der Waals surface area (Å²) in [6, 6.07) is 0. The molecule has 1 N–H and O–H groups in total. The fourth-order valence-corrected chi connectivity index (χ4v) is 7.29. The molecule has 308 valence electrons. The number of ether oxygens (including phenoxy) is 2. The van der Waals surface area contributed by atoms with Crippen molar-refractivity contribution in [3.8, 4) is 0 Å². The van der Waals surface area contributed by atoms with Crippen molar-refractivity contribution in [3.05, 3.63) is 18.1 Å². The predicted octanol–water partition coefficient (Wildman–Crippen LogP) is 14.1. The number of allylic oxidation sites excluding steroid dienone is 1. The quantitative estimate of drug-likeness (QED) is 0.0293. The van der Waals surface area contributed by atoms with Crippen molar-refractivity contribution >= 4 is 5.97 Å². The summed E-state index contributed by atoms with van der Waals surface area (Å²) < 4.78 is 12.0. The summed E-state index contributed by atoms with van der Waals surface area (Å²) in [4.78, 5) is 15.6. The highest BCUT2D eigenvalue weighted by Gasteiger charge is 2.21. The molecule has 5 nitrogen and oxygen atoms in total. The zero-order chi connectivity index (χ0) is 38.2. The molecule has 0 rings (SSSR count). The number of carbonyl (C=O) groups excluding carboxylic acids is 1. The highest BCUT2D eigenvalue weighted by molar-refractivity contribution is 5.72. The van der Waals surface area contributed by atoms with Crippen LogP contribution in [0.2, 0.25) is 0 Å². The van der Waals surface area contributed by atoms with E-state index in [9.17, 15) is 9.90 Å². The first-order valence-corrected chi connectivity index (χ1v) is 23.1. The first kappa shape index (κ1) is 50.7. The average Bonchev–Trinajstić information content (AvgIpc) is 3.14. The molecule has 0 heterocycles. The zero-order valence-corrected chi connectivity index (χ0v) is 35.6. The van der Waals surface area contributed by atoms with Gasteiger partial charge in [-0.1, -0.05) is 181 Å². The molecule has 0 bridgehead atoms. The lowest BCUT2D eigenvalue weighted by Gasteiger charge is -2.21. The Morgan fingerprint density at radius 3 is 1.48 bits per heavy atom. The average molecular weight is 734 g/mol. The molecule has 0 fully saturated rings. The summed E-state index contributed by atoms with van der Waals surface area (Å²) >= 11 is 0. The van der Waals surface area contributed by atoms with Crippen LogP contribution in [0.25, 0.3) is 0 Å². The number of aliphatic hydroxyl groups excluding tert-OH is 1. The lowest BCUT2D eigenvalue weighted by atomic mass is 9.94. The summed E-state index contributed by atoms with van der Waals surface area (Å²) in [5, 5.41) is 9.61. The van der Waals surface area contributed by atoms with Gasteiger partial charge in [-0.05, 0) is 71.4 Å². The Bertz CT molecular complexity index is 778. The fourth-order valence-electron chi connectivity index (χ4n) is 7.29. The van der Waals surface area contributed by atoms with E-state index in [1.165, 1.54) is 148 Å². The van der Waals surface area contributed by atoms with Crippen LogP contribution in [0.3, 0.4) is 0 Å². The van der Waals surface area contributed by atoms with Crippen molar-refractivity contribution in [2.24, 2.45) is 5.92 Å². The molecule has 0 amide bonds. The van der Waals surface area contributed by atoms with Gasteiger partial charge in [-0.3, -0.25) is 4.79 Å². The molecule has 0 saturated heterocycles. The standard InChI is InChI=1S/C47H91NO4/c1-6-10-13-16-19-27-34-43-51-46(9-4)38-31-23-20-25-32-39-48(41-42-49)40-33-26-24-28-35-44(5)52-47(50)45(36-29-21-17-14-11-7-2)37-30-22-18-15-12-8-3/h44-45,49H,4,6-8,10-43H2,1-3,5H3. The Balaban J connectivity index is 4.12. The minimum Gasteiger partial charge on any atom is -0.490 e. The smallest absolute Gasteiger partial charge is 0.309 e. The van der Waals surface area contributed by atoms with E-state index in [0.717, 1.165) is 89.8 Å². The molecule has 52 heavy (non-hydrogen) atoms. The molecule has 0 aliphatic heterocycles. The number of hydrogen-bond acceptors (Lipinski definition) is 5. The number of rotatable bonds is 42. The Hall–Kier alpha value is -1.29. The summed E-state index contributed by atoms with van der Waals surface area (Å²) in [5.41, 5.74) is 3.02. The highest BCUT2D eigenvalue weighted by atomic mass is 16.5. The molecule has 5 heteroatoms. The molecule has 0 aromatic carbocycles. The Morgan fingerprint density at radius 2 is 1.00 bits per heavy atom. The number of carbonyl (C=O) groups is 1. The second kappa shape index (κ2) is 40.9. The van der Waals surface area contributed by atoms with Crippen LogP contribution in [0.4, 0.5) is 0 Å². The summed E-state index contributed by atoms with van der Waals surface area (Å²) in [7, 11) is 0. The molecule has 1 atom stereocenters. The third kappa shape index (κ3) is 34.5. The molecule has 0 saturated carbocycles. The van der Waals surface area contributed by atoms with Gasteiger partial charge >= 0.3 is 5.97 Å². The van der Waals surface area contributed by atoms with Gasteiger partial charge in [0, 0.05) is 13.0 Å².